The maximum absolute atomic E-state index is 14.9. The molecule has 4 aromatic carbocycles. The number of anilines is 1. The molecular weight excluding hydrogens is 534 g/mol. The van der Waals surface area contributed by atoms with E-state index in [-0.39, 0.29) is 17.3 Å². The van der Waals surface area contributed by atoms with E-state index < -0.39 is 23.4 Å². The van der Waals surface area contributed by atoms with E-state index in [0.29, 0.717) is 28.4 Å². The zero-order valence-electron chi connectivity index (χ0n) is 24.5. The third-order valence-electron chi connectivity index (χ3n) is 9.34. The van der Waals surface area contributed by atoms with Gasteiger partial charge in [-0.3, -0.25) is 14.4 Å². The molecule has 0 unspecified atom stereocenters. The van der Waals surface area contributed by atoms with E-state index >= 15 is 0 Å². The predicted molar refractivity (Wildman–Crippen MR) is 168 cm³/mol. The van der Waals surface area contributed by atoms with E-state index in [0.717, 1.165) is 23.2 Å². The smallest absolute Gasteiger partial charge is 0.185 e. The van der Waals surface area contributed by atoms with Gasteiger partial charge < -0.3 is 9.64 Å². The topological polar surface area (TPSA) is 63.7 Å². The first kappa shape index (κ1) is 27.1. The molecule has 1 fully saturated rings. The number of carbonyl (C=O) groups is 3. The summed E-state index contributed by atoms with van der Waals surface area (Å²) in [6, 6.07) is 28.8. The summed E-state index contributed by atoms with van der Waals surface area (Å²) in [4.78, 5) is 46.4. The molecule has 3 atom stereocenters. The van der Waals surface area contributed by atoms with Gasteiger partial charge in [0.1, 0.15) is 17.2 Å². The first-order valence-electron chi connectivity index (χ1n) is 14.9. The highest BCUT2D eigenvalue weighted by Gasteiger charge is 2.71. The minimum Gasteiger partial charge on any atom is -0.497 e. The number of benzene rings is 4. The number of rotatable bonds is 6. The molecule has 0 N–H and O–H groups in total. The van der Waals surface area contributed by atoms with Crippen molar-refractivity contribution in [1.29, 1.82) is 0 Å². The lowest BCUT2D eigenvalue weighted by Gasteiger charge is -2.37. The van der Waals surface area contributed by atoms with Crippen molar-refractivity contribution in [3.63, 3.8) is 0 Å². The highest BCUT2D eigenvalue weighted by Crippen LogP contribution is 2.61. The van der Waals surface area contributed by atoms with Gasteiger partial charge in [0.25, 0.3) is 0 Å². The van der Waals surface area contributed by atoms with E-state index in [9.17, 15) is 14.4 Å². The maximum atomic E-state index is 14.9. The number of methoxy groups -OCH3 is 1. The van der Waals surface area contributed by atoms with E-state index in [1.54, 1.807) is 31.4 Å². The maximum Gasteiger partial charge on any atom is 0.185 e. The van der Waals surface area contributed by atoms with E-state index in [1.807, 2.05) is 84.9 Å². The average Bonchev–Trinajstić information content (AvgIpc) is 3.47. The Morgan fingerprint density at radius 2 is 1.47 bits per heavy atom. The Hall–Kier alpha value is -4.77. The van der Waals surface area contributed by atoms with Crippen LogP contribution in [0.3, 0.4) is 0 Å². The molecule has 2 heterocycles. The van der Waals surface area contributed by atoms with Gasteiger partial charge in [-0.25, -0.2) is 0 Å². The number of hydrogen-bond donors (Lipinski definition) is 0. The highest BCUT2D eigenvalue weighted by atomic mass is 16.5. The van der Waals surface area contributed by atoms with E-state index in [1.165, 1.54) is 5.56 Å². The minimum absolute atomic E-state index is 0.111. The van der Waals surface area contributed by atoms with Crippen molar-refractivity contribution in [2.45, 2.75) is 38.3 Å². The van der Waals surface area contributed by atoms with Crippen LogP contribution in [-0.2, 0) is 6.42 Å². The first-order valence-corrected chi connectivity index (χ1v) is 14.9. The van der Waals surface area contributed by atoms with Gasteiger partial charge in [0.15, 0.2) is 17.3 Å². The molecule has 5 heteroatoms. The summed E-state index contributed by atoms with van der Waals surface area (Å²) in [6.45, 7) is 4.34. The Bertz CT molecular complexity index is 1750. The van der Waals surface area contributed by atoms with Crippen molar-refractivity contribution in [3.05, 3.63) is 137 Å². The molecule has 1 spiro atoms. The molecule has 0 bridgehead atoms. The Labute approximate surface area is 251 Å². The molecule has 7 rings (SSSR count). The normalized spacial score (nSPS) is 21.2. The SMILES string of the molecule is COc1ccc([C@@H]2[C@@H](C(=O)c3ccc(CC(C)C)cc3)N3c4ccccc4C=C[C@H]3C23C(=O)c2ccccc2C3=O)cc1. The van der Waals surface area contributed by atoms with Crippen LogP contribution < -0.4 is 9.64 Å². The van der Waals surface area contributed by atoms with Crippen molar-refractivity contribution in [1.82, 2.24) is 0 Å². The van der Waals surface area contributed by atoms with Gasteiger partial charge in [-0.15, -0.1) is 0 Å². The van der Waals surface area contributed by atoms with Crippen molar-refractivity contribution in [2.24, 2.45) is 11.3 Å². The molecule has 0 saturated carbocycles. The van der Waals surface area contributed by atoms with Crippen LogP contribution in [0, 0.1) is 11.3 Å². The largest absolute Gasteiger partial charge is 0.497 e. The molecule has 0 aromatic heterocycles. The van der Waals surface area contributed by atoms with Gasteiger partial charge in [-0.1, -0.05) is 105 Å². The molecule has 0 amide bonds. The predicted octanol–water partition coefficient (Wildman–Crippen LogP) is 7.21. The van der Waals surface area contributed by atoms with Gasteiger partial charge in [0.2, 0.25) is 0 Å². The summed E-state index contributed by atoms with van der Waals surface area (Å²) in [5.74, 6) is -0.148. The van der Waals surface area contributed by atoms with Crippen LogP contribution >= 0.6 is 0 Å². The van der Waals surface area contributed by atoms with Crippen molar-refractivity contribution < 1.29 is 19.1 Å². The quantitative estimate of drug-likeness (QED) is 0.182. The Morgan fingerprint density at radius 3 is 2.09 bits per heavy atom. The molecule has 3 aliphatic rings. The van der Waals surface area contributed by atoms with Crippen molar-refractivity contribution in [3.8, 4) is 5.75 Å². The number of fused-ring (bicyclic) bond motifs is 5. The van der Waals surface area contributed by atoms with Gasteiger partial charge in [-0.05, 0) is 47.2 Å². The lowest BCUT2D eigenvalue weighted by molar-refractivity contribution is 0.0666. The van der Waals surface area contributed by atoms with E-state index in [4.69, 9.17) is 4.74 Å². The number of nitrogens with zero attached hydrogens (tertiary/aromatic N) is 1. The Balaban J connectivity index is 1.48. The van der Waals surface area contributed by atoms with Crippen LogP contribution in [0.5, 0.6) is 5.75 Å². The summed E-state index contributed by atoms with van der Waals surface area (Å²) in [5, 5.41) is 0. The second-order valence-corrected chi connectivity index (χ2v) is 12.2. The van der Waals surface area contributed by atoms with Crippen LogP contribution in [-0.4, -0.2) is 36.5 Å². The summed E-state index contributed by atoms with van der Waals surface area (Å²) in [7, 11) is 1.60. The monoisotopic (exact) mass is 567 g/mol. The Morgan fingerprint density at radius 1 is 0.837 bits per heavy atom. The van der Waals surface area contributed by atoms with Gasteiger partial charge in [-0.2, -0.15) is 0 Å². The summed E-state index contributed by atoms with van der Waals surface area (Å²) >= 11 is 0. The van der Waals surface area contributed by atoms with Crippen molar-refractivity contribution in [2.75, 3.05) is 12.0 Å². The standard InChI is InChI=1S/C38H33NO4/c1-23(2)22-24-12-14-27(15-13-24)35(40)34-33(26-16-19-28(43-3)20-17-26)38(36(41)29-9-5-6-10-30(29)37(38)42)32-21-18-25-8-4-7-11-31(25)39(32)34/h4-21,23,32-34H,22H2,1-3H3/t32-,33+,34-/m0/s1. The molecule has 43 heavy (non-hydrogen) atoms. The molecule has 214 valence electrons. The summed E-state index contributed by atoms with van der Waals surface area (Å²) in [6.07, 6.45) is 4.86. The van der Waals surface area contributed by atoms with Gasteiger partial charge in [0, 0.05) is 28.3 Å². The fourth-order valence-corrected chi connectivity index (χ4v) is 7.55. The summed E-state index contributed by atoms with van der Waals surface area (Å²) < 4.78 is 5.44. The van der Waals surface area contributed by atoms with Crippen LogP contribution in [0.25, 0.3) is 6.08 Å². The third-order valence-corrected chi connectivity index (χ3v) is 9.34. The first-order chi connectivity index (χ1) is 20.9. The van der Waals surface area contributed by atoms with Crippen LogP contribution in [0.2, 0.25) is 0 Å². The number of para-hydroxylation sites is 1. The number of carbonyl (C=O) groups excluding carboxylic acids is 3. The minimum atomic E-state index is -1.51. The van der Waals surface area contributed by atoms with Gasteiger partial charge >= 0.3 is 0 Å². The zero-order valence-corrected chi connectivity index (χ0v) is 24.5. The fourth-order valence-electron chi connectivity index (χ4n) is 7.55. The van der Waals surface area contributed by atoms with Crippen LogP contribution in [0.15, 0.2) is 103 Å². The summed E-state index contributed by atoms with van der Waals surface area (Å²) in [5.41, 5.74) is 3.61. The number of ether oxygens (including phenoxy) is 1. The number of hydrogen-bond acceptors (Lipinski definition) is 5. The average molecular weight is 568 g/mol. The molecule has 5 nitrogen and oxygen atoms in total. The second-order valence-electron chi connectivity index (χ2n) is 12.2. The van der Waals surface area contributed by atoms with E-state index in [2.05, 4.69) is 18.7 Å². The second kappa shape index (κ2) is 10.2. The van der Waals surface area contributed by atoms with Crippen LogP contribution in [0.1, 0.15) is 67.5 Å². The number of Topliss-reactive ketones (excluding diaryl/α,β-unsaturated/α-hetero) is 3. The highest BCUT2D eigenvalue weighted by molar-refractivity contribution is 6.32. The molecular formula is C38H33NO4. The lowest BCUT2D eigenvalue weighted by atomic mass is 9.64. The van der Waals surface area contributed by atoms with Crippen molar-refractivity contribution >= 4 is 29.1 Å². The third kappa shape index (κ3) is 3.94. The fraction of sp³-hybridized carbons (Fsp3) is 0.237. The van der Waals surface area contributed by atoms with Crippen LogP contribution in [0.4, 0.5) is 5.69 Å². The molecule has 1 saturated heterocycles. The Kier molecular flexibility index (Phi) is 6.42. The molecule has 2 aliphatic heterocycles. The lowest BCUT2D eigenvalue weighted by Crippen LogP contribution is -2.48. The molecule has 4 aromatic rings. The zero-order chi connectivity index (χ0) is 29.9. The van der Waals surface area contributed by atoms with Gasteiger partial charge in [0.05, 0.1) is 13.2 Å². The number of ketones is 3. The molecule has 0 radical (unpaired) electrons. The molecule has 1 aliphatic carbocycles.